The predicted molar refractivity (Wildman–Crippen MR) is 86.4 cm³/mol. The molecule has 2 unspecified atom stereocenters. The quantitative estimate of drug-likeness (QED) is 0.672. The molecule has 21 heavy (non-hydrogen) atoms. The normalized spacial score (nSPS) is 20.8. The number of nitrogens with zero attached hydrogens (tertiary/aromatic N) is 1. The fraction of sp³-hybridized carbons (Fsp3) is 0.938. The average molecular weight is 299 g/mol. The zero-order valence-electron chi connectivity index (χ0n) is 14.2. The Bertz CT molecular complexity index is 291. The van der Waals surface area contributed by atoms with E-state index in [2.05, 4.69) is 31.4 Å². The first-order valence-corrected chi connectivity index (χ1v) is 8.27. The molecule has 1 saturated heterocycles. The molecule has 0 aliphatic carbocycles. The zero-order valence-corrected chi connectivity index (χ0v) is 14.2. The van der Waals surface area contributed by atoms with Crippen LogP contribution in [0.25, 0.3) is 0 Å². The Kier molecular flexibility index (Phi) is 8.88. The molecule has 5 heteroatoms. The number of hydrogen-bond acceptors (Lipinski definition) is 4. The second-order valence-corrected chi connectivity index (χ2v) is 6.69. The maximum atomic E-state index is 12.0. The summed E-state index contributed by atoms with van der Waals surface area (Å²) < 4.78 is 5.65. The van der Waals surface area contributed by atoms with Crippen LogP contribution in [0.3, 0.4) is 0 Å². The van der Waals surface area contributed by atoms with Crippen molar-refractivity contribution in [1.29, 1.82) is 0 Å². The van der Waals surface area contributed by atoms with Crippen molar-refractivity contribution in [1.82, 2.24) is 15.5 Å². The lowest BCUT2D eigenvalue weighted by Gasteiger charge is -2.28. The molecule has 0 aromatic rings. The lowest BCUT2D eigenvalue weighted by molar-refractivity contribution is -0.123. The summed E-state index contributed by atoms with van der Waals surface area (Å²) in [5, 5.41) is 6.39. The number of hydrogen-bond donors (Lipinski definition) is 2. The van der Waals surface area contributed by atoms with Gasteiger partial charge < -0.3 is 15.4 Å². The Balaban J connectivity index is 2.13. The number of ether oxygens (including phenoxy) is 1. The first-order valence-electron chi connectivity index (χ1n) is 8.27. The molecule has 0 saturated carbocycles. The Hall–Kier alpha value is -0.650. The Labute approximate surface area is 129 Å². The number of nitrogens with one attached hydrogen (secondary N) is 2. The Morgan fingerprint density at radius 3 is 2.76 bits per heavy atom. The van der Waals surface area contributed by atoms with Gasteiger partial charge >= 0.3 is 0 Å². The van der Waals surface area contributed by atoms with Crippen molar-refractivity contribution in [2.45, 2.75) is 52.2 Å². The highest BCUT2D eigenvalue weighted by molar-refractivity contribution is 5.78. The SMILES string of the molecule is CC(C)CCCC(C)NC(=O)CN(C)CC1CNCCO1. The van der Waals surface area contributed by atoms with Gasteiger partial charge in [0.15, 0.2) is 0 Å². The monoisotopic (exact) mass is 299 g/mol. The van der Waals surface area contributed by atoms with Crippen LogP contribution in [0, 0.1) is 5.92 Å². The summed E-state index contributed by atoms with van der Waals surface area (Å²) in [6, 6.07) is 0.261. The van der Waals surface area contributed by atoms with Crippen LogP contribution in [0.4, 0.5) is 0 Å². The van der Waals surface area contributed by atoms with Crippen LogP contribution in [0.2, 0.25) is 0 Å². The van der Waals surface area contributed by atoms with Gasteiger partial charge in [0, 0.05) is 25.7 Å². The molecular formula is C16H33N3O2. The largest absolute Gasteiger partial charge is 0.374 e. The van der Waals surface area contributed by atoms with Crippen LogP contribution in [-0.2, 0) is 9.53 Å². The molecule has 2 N–H and O–H groups in total. The second-order valence-electron chi connectivity index (χ2n) is 6.69. The lowest BCUT2D eigenvalue weighted by Crippen LogP contribution is -2.47. The minimum atomic E-state index is 0.110. The summed E-state index contributed by atoms with van der Waals surface area (Å²) in [5.74, 6) is 0.849. The second kappa shape index (κ2) is 10.1. The van der Waals surface area contributed by atoms with Crippen molar-refractivity contribution in [2.75, 3.05) is 39.8 Å². The summed E-state index contributed by atoms with van der Waals surface area (Å²) in [4.78, 5) is 14.0. The van der Waals surface area contributed by atoms with Crippen LogP contribution >= 0.6 is 0 Å². The van der Waals surface area contributed by atoms with E-state index in [1.807, 2.05) is 11.9 Å². The van der Waals surface area contributed by atoms with Gasteiger partial charge in [-0.2, -0.15) is 0 Å². The van der Waals surface area contributed by atoms with E-state index < -0.39 is 0 Å². The molecule has 1 rings (SSSR count). The molecule has 2 atom stereocenters. The fourth-order valence-electron chi connectivity index (χ4n) is 2.62. The van der Waals surface area contributed by atoms with Crippen molar-refractivity contribution in [3.05, 3.63) is 0 Å². The molecule has 1 amide bonds. The number of carbonyl (C=O) groups excluding carboxylic acids is 1. The van der Waals surface area contributed by atoms with Crippen LogP contribution < -0.4 is 10.6 Å². The van der Waals surface area contributed by atoms with Gasteiger partial charge in [-0.1, -0.05) is 26.7 Å². The molecular weight excluding hydrogens is 266 g/mol. The maximum Gasteiger partial charge on any atom is 0.234 e. The van der Waals surface area contributed by atoms with Gasteiger partial charge in [0.2, 0.25) is 5.91 Å². The summed E-state index contributed by atoms with van der Waals surface area (Å²) in [6.07, 6.45) is 3.66. The highest BCUT2D eigenvalue weighted by atomic mass is 16.5. The summed E-state index contributed by atoms with van der Waals surface area (Å²) in [7, 11) is 1.97. The third-order valence-electron chi connectivity index (χ3n) is 3.76. The number of rotatable bonds is 9. The van der Waals surface area contributed by atoms with E-state index in [-0.39, 0.29) is 18.1 Å². The van der Waals surface area contributed by atoms with Crippen LogP contribution in [0.15, 0.2) is 0 Å². The molecule has 0 aromatic heterocycles. The maximum absolute atomic E-state index is 12.0. The summed E-state index contributed by atoms with van der Waals surface area (Å²) in [6.45, 7) is 10.4. The number of carbonyl (C=O) groups is 1. The highest BCUT2D eigenvalue weighted by Gasteiger charge is 2.17. The first kappa shape index (κ1) is 18.4. The van der Waals surface area contributed by atoms with E-state index >= 15 is 0 Å². The smallest absolute Gasteiger partial charge is 0.234 e. The summed E-state index contributed by atoms with van der Waals surface area (Å²) in [5.41, 5.74) is 0. The average Bonchev–Trinajstić information content (AvgIpc) is 2.38. The van der Waals surface area contributed by atoms with Crippen LogP contribution in [-0.4, -0.2) is 62.8 Å². The number of morpholine rings is 1. The number of likely N-dealkylation sites (N-methyl/N-ethyl adjacent to an activating group) is 1. The third-order valence-corrected chi connectivity index (χ3v) is 3.76. The topological polar surface area (TPSA) is 53.6 Å². The van der Waals surface area contributed by atoms with Gasteiger partial charge in [0.25, 0.3) is 0 Å². The summed E-state index contributed by atoms with van der Waals surface area (Å²) >= 11 is 0. The Morgan fingerprint density at radius 1 is 1.38 bits per heavy atom. The van der Waals surface area contributed by atoms with E-state index in [0.29, 0.717) is 6.54 Å². The number of amides is 1. The van der Waals surface area contributed by atoms with Crippen molar-refractivity contribution >= 4 is 5.91 Å². The van der Waals surface area contributed by atoms with Gasteiger partial charge in [0.05, 0.1) is 19.3 Å². The highest BCUT2D eigenvalue weighted by Crippen LogP contribution is 2.08. The molecule has 0 bridgehead atoms. The van der Waals surface area contributed by atoms with Gasteiger partial charge in [-0.3, -0.25) is 9.69 Å². The zero-order chi connectivity index (χ0) is 15.7. The predicted octanol–water partition coefficient (Wildman–Crippen LogP) is 1.24. The van der Waals surface area contributed by atoms with Crippen molar-refractivity contribution in [3.63, 3.8) is 0 Å². The molecule has 0 radical (unpaired) electrons. The van der Waals surface area contributed by atoms with E-state index in [4.69, 9.17) is 4.74 Å². The Morgan fingerprint density at radius 2 is 2.14 bits per heavy atom. The minimum Gasteiger partial charge on any atom is -0.374 e. The van der Waals surface area contributed by atoms with Crippen LogP contribution in [0.1, 0.15) is 40.0 Å². The first-order chi connectivity index (χ1) is 9.97. The molecule has 1 heterocycles. The standard InChI is InChI=1S/C16H33N3O2/c1-13(2)6-5-7-14(3)18-16(20)12-19(4)11-15-10-17-8-9-21-15/h13-15,17H,5-12H2,1-4H3,(H,18,20). The fourth-order valence-corrected chi connectivity index (χ4v) is 2.62. The van der Waals surface area contributed by atoms with E-state index in [1.54, 1.807) is 0 Å². The molecule has 124 valence electrons. The molecule has 0 spiro atoms. The minimum absolute atomic E-state index is 0.110. The van der Waals surface area contributed by atoms with E-state index in [1.165, 1.54) is 12.8 Å². The van der Waals surface area contributed by atoms with Crippen LogP contribution in [0.5, 0.6) is 0 Å². The van der Waals surface area contributed by atoms with Gasteiger partial charge in [-0.15, -0.1) is 0 Å². The van der Waals surface area contributed by atoms with E-state index in [9.17, 15) is 4.79 Å². The molecule has 1 fully saturated rings. The van der Waals surface area contributed by atoms with Gasteiger partial charge in [-0.25, -0.2) is 0 Å². The molecule has 0 aromatic carbocycles. The van der Waals surface area contributed by atoms with Crippen molar-refractivity contribution in [2.24, 2.45) is 5.92 Å². The molecule has 1 aliphatic rings. The van der Waals surface area contributed by atoms with Crippen molar-refractivity contribution < 1.29 is 9.53 Å². The van der Waals surface area contributed by atoms with Gasteiger partial charge in [-0.05, 0) is 26.3 Å². The third kappa shape index (κ3) is 9.06. The molecule has 1 aliphatic heterocycles. The lowest BCUT2D eigenvalue weighted by atomic mass is 10.0. The molecule has 5 nitrogen and oxygen atoms in total. The van der Waals surface area contributed by atoms with E-state index in [0.717, 1.165) is 38.6 Å². The van der Waals surface area contributed by atoms with Crippen molar-refractivity contribution in [3.8, 4) is 0 Å². The van der Waals surface area contributed by atoms with Gasteiger partial charge in [0.1, 0.15) is 0 Å².